The molecule has 0 N–H and O–H groups in total. The quantitative estimate of drug-likeness (QED) is 0.0569. The Morgan fingerprint density at radius 1 is 0.857 bits per heavy atom. The minimum Gasteiger partial charge on any atom is -0.484 e. The van der Waals surface area contributed by atoms with E-state index in [1.807, 2.05) is 13.8 Å². The fraction of sp³-hybridized carbons (Fsp3) is 0.419. The van der Waals surface area contributed by atoms with Crippen LogP contribution in [0, 0.1) is 11.6 Å². The van der Waals surface area contributed by atoms with Crippen LogP contribution >= 0.6 is 7.82 Å². The molecule has 0 radical (unpaired) electrons. The molecular formula is C31H33F7N5O5P. The molecule has 0 fully saturated rings. The van der Waals surface area contributed by atoms with Gasteiger partial charge in [0.05, 0.1) is 19.8 Å². The van der Waals surface area contributed by atoms with Gasteiger partial charge in [0.15, 0.2) is 12.2 Å². The first-order chi connectivity index (χ1) is 23.2. The first kappa shape index (κ1) is 37.9. The van der Waals surface area contributed by atoms with Crippen LogP contribution in [0.4, 0.5) is 30.7 Å². The number of unbranched alkanes of at least 4 members (excludes halogenated alkanes) is 2. The number of phosphoric ester groups is 1. The topological polar surface area (TPSA) is 110 Å². The van der Waals surface area contributed by atoms with Crippen molar-refractivity contribution >= 4 is 7.82 Å². The van der Waals surface area contributed by atoms with Crippen molar-refractivity contribution in [3.63, 3.8) is 0 Å². The molecule has 1 atom stereocenters. The lowest BCUT2D eigenvalue weighted by molar-refractivity contribution is -0.202. The van der Waals surface area contributed by atoms with Crippen molar-refractivity contribution in [2.45, 2.75) is 63.8 Å². The molecule has 2 aromatic carbocycles. The highest BCUT2D eigenvalue weighted by Gasteiger charge is 2.63. The smallest absolute Gasteiger partial charge is 0.475 e. The summed E-state index contributed by atoms with van der Waals surface area (Å²) in [6.45, 7) is 0.611. The molecule has 2 aromatic heterocycles. The van der Waals surface area contributed by atoms with Crippen molar-refractivity contribution in [3.05, 3.63) is 90.0 Å². The number of phosphoric acid groups is 1. The van der Waals surface area contributed by atoms with Crippen LogP contribution in [-0.2, 0) is 36.2 Å². The Balaban J connectivity index is 1.82. The van der Waals surface area contributed by atoms with E-state index in [-0.39, 0.29) is 24.5 Å². The Morgan fingerprint density at radius 2 is 1.51 bits per heavy atom. The van der Waals surface area contributed by atoms with E-state index in [9.17, 15) is 22.1 Å². The van der Waals surface area contributed by atoms with Crippen LogP contribution in [0.3, 0.4) is 0 Å². The minimum absolute atomic E-state index is 0.0743. The van der Waals surface area contributed by atoms with Gasteiger partial charge in [-0.05, 0) is 59.2 Å². The highest BCUT2D eigenvalue weighted by atomic mass is 31.2. The monoisotopic (exact) mass is 719 g/mol. The summed E-state index contributed by atoms with van der Waals surface area (Å²) in [6.07, 6.45) is -0.697. The molecule has 0 spiro atoms. The molecule has 0 aliphatic carbocycles. The van der Waals surface area contributed by atoms with Crippen LogP contribution in [0.15, 0.2) is 67.1 Å². The van der Waals surface area contributed by atoms with E-state index in [0.717, 1.165) is 35.4 Å². The first-order valence-corrected chi connectivity index (χ1v) is 16.6. The molecule has 0 amide bonds. The predicted molar refractivity (Wildman–Crippen MR) is 161 cm³/mol. The minimum atomic E-state index is -4.94. The molecule has 0 aliphatic heterocycles. The molecule has 18 heteroatoms. The van der Waals surface area contributed by atoms with Gasteiger partial charge in [0.1, 0.15) is 29.4 Å². The Morgan fingerprint density at radius 3 is 2.04 bits per heavy atom. The number of hydrogen-bond acceptors (Lipinski definition) is 9. The van der Waals surface area contributed by atoms with Crippen LogP contribution in [0.5, 0.6) is 5.75 Å². The molecule has 0 saturated heterocycles. The number of halogens is 7. The molecule has 0 saturated carbocycles. The lowest BCUT2D eigenvalue weighted by Crippen LogP contribution is -2.49. The molecule has 49 heavy (non-hydrogen) atoms. The maximum Gasteiger partial charge on any atom is 0.475 e. The fourth-order valence-corrected chi connectivity index (χ4v) is 6.11. The van der Waals surface area contributed by atoms with E-state index in [1.165, 1.54) is 30.3 Å². The summed E-state index contributed by atoms with van der Waals surface area (Å²) in [5.41, 5.74) is -4.57. The van der Waals surface area contributed by atoms with Gasteiger partial charge in [-0.3, -0.25) is 18.6 Å². The maximum absolute atomic E-state index is 17.2. The predicted octanol–water partition coefficient (Wildman–Crippen LogP) is 8.40. The normalized spacial score (nSPS) is 13.7. The van der Waals surface area contributed by atoms with Crippen molar-refractivity contribution < 1.29 is 53.6 Å². The summed E-state index contributed by atoms with van der Waals surface area (Å²) in [7, 11) is -4.94. The highest BCUT2D eigenvalue weighted by Crippen LogP contribution is 2.61. The van der Waals surface area contributed by atoms with E-state index in [2.05, 4.69) is 20.5 Å². The Hall–Kier alpha value is -3.92. The van der Waals surface area contributed by atoms with E-state index >= 15 is 13.2 Å². The summed E-state index contributed by atoms with van der Waals surface area (Å²) in [5.74, 6) is -7.01. The van der Waals surface area contributed by atoms with Crippen LogP contribution in [-0.4, -0.2) is 51.2 Å². The van der Waals surface area contributed by atoms with Gasteiger partial charge in [-0.1, -0.05) is 44.9 Å². The third kappa shape index (κ3) is 9.62. The van der Waals surface area contributed by atoms with Gasteiger partial charge < -0.3 is 4.74 Å². The number of rotatable bonds is 18. The SMILES string of the molecule is CCCCOP(=O)(OCCCC)OC(Cn1cnnn1)(c1ccc(F)cc1F)C(F)(F)c1ccc(-c2ccc(OCC(F)(F)F)cc2)cn1. The molecule has 1 unspecified atom stereocenters. The largest absolute Gasteiger partial charge is 0.484 e. The van der Waals surface area contributed by atoms with E-state index in [4.69, 9.17) is 18.3 Å². The standard InChI is InChI=1S/C31H33F7N5O5P/c1-3-5-15-46-49(44,47-16-6-4-2)48-29(19-43-21-40-41-42-43,26-13-10-24(32)17-27(26)33)31(37,38)28-14-9-23(18-39-28)22-7-11-25(12-8-22)45-20-30(34,35)36/h7-14,17-18,21H,3-6,15-16,19-20H2,1-2H3. The van der Waals surface area contributed by atoms with Gasteiger partial charge >= 0.3 is 19.9 Å². The Kier molecular flexibility index (Phi) is 12.5. The molecule has 10 nitrogen and oxygen atoms in total. The summed E-state index contributed by atoms with van der Waals surface area (Å²) >= 11 is 0. The zero-order valence-corrected chi connectivity index (χ0v) is 27.3. The summed E-state index contributed by atoms with van der Waals surface area (Å²) < 4.78 is 138. The van der Waals surface area contributed by atoms with Gasteiger partial charge in [0.25, 0.3) is 0 Å². The van der Waals surface area contributed by atoms with Crippen molar-refractivity contribution in [2.24, 2.45) is 0 Å². The Bertz CT molecular complexity index is 1670. The van der Waals surface area contributed by atoms with Gasteiger partial charge in [0.2, 0.25) is 0 Å². The number of alkyl halides is 5. The summed E-state index contributed by atoms with van der Waals surface area (Å²) in [4.78, 5) is 3.93. The van der Waals surface area contributed by atoms with Crippen molar-refractivity contribution in [2.75, 3.05) is 19.8 Å². The fourth-order valence-electron chi connectivity index (χ4n) is 4.58. The molecule has 4 rings (SSSR count). The van der Waals surface area contributed by atoms with Crippen LogP contribution in [0.1, 0.15) is 50.8 Å². The Labute approximate surface area is 277 Å². The van der Waals surface area contributed by atoms with Crippen molar-refractivity contribution in [1.29, 1.82) is 0 Å². The third-order valence-electron chi connectivity index (χ3n) is 7.09. The summed E-state index contributed by atoms with van der Waals surface area (Å²) in [6, 6.07) is 9.29. The first-order valence-electron chi connectivity index (χ1n) is 15.1. The van der Waals surface area contributed by atoms with Gasteiger partial charge in [-0.25, -0.2) is 18.0 Å². The van der Waals surface area contributed by atoms with Gasteiger partial charge in [0, 0.05) is 23.4 Å². The van der Waals surface area contributed by atoms with Gasteiger partial charge in [-0.2, -0.15) is 22.0 Å². The third-order valence-corrected chi connectivity index (χ3v) is 8.62. The number of pyridine rings is 1. The maximum atomic E-state index is 17.2. The molecular weight excluding hydrogens is 686 g/mol. The zero-order chi connectivity index (χ0) is 35.7. The lowest BCUT2D eigenvalue weighted by atomic mass is 9.84. The number of benzene rings is 2. The number of aromatic nitrogens is 5. The van der Waals surface area contributed by atoms with Gasteiger partial charge in [-0.15, -0.1) is 5.10 Å². The lowest BCUT2D eigenvalue weighted by Gasteiger charge is -2.41. The molecule has 266 valence electrons. The number of tetrazole rings is 1. The molecule has 2 heterocycles. The van der Waals surface area contributed by atoms with Crippen LogP contribution in [0.2, 0.25) is 0 Å². The highest BCUT2D eigenvalue weighted by molar-refractivity contribution is 7.48. The summed E-state index contributed by atoms with van der Waals surface area (Å²) in [5, 5.41) is 10.5. The van der Waals surface area contributed by atoms with Crippen LogP contribution in [0.25, 0.3) is 11.1 Å². The molecule has 4 aromatic rings. The number of hydrogen-bond donors (Lipinski definition) is 0. The van der Waals surface area contributed by atoms with Crippen LogP contribution < -0.4 is 4.74 Å². The van der Waals surface area contributed by atoms with E-state index in [0.29, 0.717) is 37.3 Å². The van der Waals surface area contributed by atoms with E-state index < -0.39 is 61.6 Å². The molecule has 0 aliphatic rings. The second kappa shape index (κ2) is 16.2. The second-order valence-electron chi connectivity index (χ2n) is 10.8. The second-order valence-corrected chi connectivity index (χ2v) is 12.4. The van der Waals surface area contributed by atoms with Crippen molar-refractivity contribution in [3.8, 4) is 16.9 Å². The number of nitrogens with zero attached hydrogens (tertiary/aromatic N) is 5. The van der Waals surface area contributed by atoms with Crippen molar-refractivity contribution in [1.82, 2.24) is 25.2 Å². The number of ether oxygens (including phenoxy) is 1. The zero-order valence-electron chi connectivity index (χ0n) is 26.4. The average Bonchev–Trinajstić information content (AvgIpc) is 3.57. The average molecular weight is 720 g/mol. The molecule has 0 bridgehead atoms. The van der Waals surface area contributed by atoms with E-state index in [1.54, 1.807) is 0 Å².